The van der Waals surface area contributed by atoms with Crippen LogP contribution in [0.4, 0.5) is 0 Å². The zero-order chi connectivity index (χ0) is 32.0. The van der Waals surface area contributed by atoms with E-state index in [1.54, 1.807) is 0 Å². The zero-order valence-corrected chi connectivity index (χ0v) is 28.6. The highest BCUT2D eigenvalue weighted by Crippen LogP contribution is 2.15. The predicted molar refractivity (Wildman–Crippen MR) is 172 cm³/mol. The van der Waals surface area contributed by atoms with Crippen LogP contribution < -0.4 is 5.11 Å². The minimum atomic E-state index is -1.57. The lowest BCUT2D eigenvalue weighted by atomic mass is 10.0. The monoisotopic (exact) mass is 616 g/mol. The predicted octanol–water partition coefficient (Wildman–Crippen LogP) is 6.70. The SMILES string of the molecule is CCCCCCCCCCCCCCCCCCCCCCCCC(=O)OCC(O)COC(OCC[N+](C)(C)C)C(=O)[O-]. The number of nitrogens with zero attached hydrogens (tertiary/aromatic N) is 1. The maximum absolute atomic E-state index is 11.9. The van der Waals surface area contributed by atoms with Gasteiger partial charge in [0.1, 0.15) is 19.3 Å². The normalized spacial score (nSPS) is 13.2. The fourth-order valence-corrected chi connectivity index (χ4v) is 5.00. The third-order valence-electron chi connectivity index (χ3n) is 7.83. The van der Waals surface area contributed by atoms with Crippen LogP contribution in [0.25, 0.3) is 0 Å². The van der Waals surface area contributed by atoms with Gasteiger partial charge in [0.05, 0.1) is 40.3 Å². The summed E-state index contributed by atoms with van der Waals surface area (Å²) in [5.74, 6) is -1.86. The van der Waals surface area contributed by atoms with Crippen LogP contribution in [0.1, 0.15) is 155 Å². The maximum Gasteiger partial charge on any atom is 0.305 e. The van der Waals surface area contributed by atoms with Gasteiger partial charge >= 0.3 is 5.97 Å². The Balaban J connectivity index is 3.46. The summed E-state index contributed by atoms with van der Waals surface area (Å²) in [6, 6.07) is 0. The van der Waals surface area contributed by atoms with Gasteiger partial charge in [-0.15, -0.1) is 0 Å². The van der Waals surface area contributed by atoms with Gasteiger partial charge in [-0.2, -0.15) is 0 Å². The van der Waals surface area contributed by atoms with Gasteiger partial charge in [0.2, 0.25) is 0 Å². The Labute approximate surface area is 264 Å². The van der Waals surface area contributed by atoms with E-state index in [0.29, 0.717) is 17.4 Å². The summed E-state index contributed by atoms with van der Waals surface area (Å²) >= 11 is 0. The number of rotatable bonds is 33. The first kappa shape index (κ1) is 41.8. The van der Waals surface area contributed by atoms with Crippen molar-refractivity contribution in [3.63, 3.8) is 0 Å². The van der Waals surface area contributed by atoms with Gasteiger partial charge < -0.3 is 33.7 Å². The van der Waals surface area contributed by atoms with Gasteiger partial charge in [-0.1, -0.05) is 142 Å². The number of hydrogen-bond donors (Lipinski definition) is 1. The molecule has 0 saturated carbocycles. The number of likely N-dealkylation sites (N-methyl/N-ethyl adjacent to an activating group) is 1. The van der Waals surface area contributed by atoms with Crippen LogP contribution in [0.5, 0.6) is 0 Å². The molecule has 43 heavy (non-hydrogen) atoms. The van der Waals surface area contributed by atoms with Crippen molar-refractivity contribution >= 4 is 11.9 Å². The Hall–Kier alpha value is -1.22. The van der Waals surface area contributed by atoms with E-state index in [9.17, 15) is 19.8 Å². The van der Waals surface area contributed by atoms with Gasteiger partial charge in [-0.05, 0) is 6.42 Å². The minimum absolute atomic E-state index is 0.173. The van der Waals surface area contributed by atoms with Crippen molar-refractivity contribution in [1.29, 1.82) is 0 Å². The Morgan fingerprint density at radius 1 is 0.628 bits per heavy atom. The van der Waals surface area contributed by atoms with Gasteiger partial charge in [0.25, 0.3) is 0 Å². The Bertz CT molecular complexity index is 638. The number of carbonyl (C=O) groups is 2. The molecule has 2 atom stereocenters. The number of unbranched alkanes of at least 4 members (excludes halogenated alkanes) is 21. The molecule has 0 aromatic rings. The lowest BCUT2D eigenvalue weighted by Gasteiger charge is -2.26. The van der Waals surface area contributed by atoms with E-state index < -0.39 is 18.4 Å². The number of carbonyl (C=O) groups excluding carboxylic acids is 2. The number of carboxylic acids is 1. The Kier molecular flexibility index (Phi) is 28.7. The molecule has 2 unspecified atom stereocenters. The molecule has 0 fully saturated rings. The molecule has 0 aliphatic rings. The van der Waals surface area contributed by atoms with Gasteiger partial charge in [0, 0.05) is 6.42 Å². The summed E-state index contributed by atoms with van der Waals surface area (Å²) in [6.07, 6.45) is 26.8. The van der Waals surface area contributed by atoms with Crippen molar-refractivity contribution in [3.05, 3.63) is 0 Å². The molecule has 0 aliphatic heterocycles. The average Bonchev–Trinajstić information content (AvgIpc) is 2.95. The number of carboxylic acid groups (broad SMARTS) is 1. The molecule has 0 radical (unpaired) electrons. The quantitative estimate of drug-likeness (QED) is 0.0379. The zero-order valence-electron chi connectivity index (χ0n) is 28.6. The number of quaternary nitrogens is 1. The molecule has 0 heterocycles. The van der Waals surface area contributed by atoms with E-state index in [1.165, 1.54) is 122 Å². The third-order valence-corrected chi connectivity index (χ3v) is 7.83. The van der Waals surface area contributed by atoms with Crippen molar-refractivity contribution in [2.24, 2.45) is 0 Å². The van der Waals surface area contributed by atoms with E-state index in [1.807, 2.05) is 21.1 Å². The molecule has 0 rings (SSSR count). The third kappa shape index (κ3) is 32.0. The number of aliphatic hydroxyl groups excluding tert-OH is 1. The standard InChI is InChI=1S/C35H69NO7/c1-5-6-7-8-9-10-11-12-13-14-15-16-17-18-19-20-21-22-23-24-25-26-27-33(38)42-30-32(37)31-43-35(34(39)40)41-29-28-36(2,3)4/h32,35,37H,5-31H2,1-4H3. The summed E-state index contributed by atoms with van der Waals surface area (Å²) in [7, 11) is 5.87. The largest absolute Gasteiger partial charge is 0.545 e. The second-order valence-electron chi connectivity index (χ2n) is 13.4. The molecule has 0 bridgehead atoms. The molecule has 0 spiro atoms. The number of esters is 1. The topological polar surface area (TPSA) is 105 Å². The molecule has 0 aliphatic carbocycles. The fourth-order valence-electron chi connectivity index (χ4n) is 5.00. The van der Waals surface area contributed by atoms with Crippen LogP contribution in [0.3, 0.4) is 0 Å². The van der Waals surface area contributed by atoms with Crippen molar-refractivity contribution in [1.82, 2.24) is 0 Å². The molecule has 8 heteroatoms. The lowest BCUT2D eigenvalue weighted by molar-refractivity contribution is -0.870. The Morgan fingerprint density at radius 3 is 1.40 bits per heavy atom. The molecule has 0 amide bonds. The highest BCUT2D eigenvalue weighted by molar-refractivity contribution is 5.69. The van der Waals surface area contributed by atoms with Crippen molar-refractivity contribution in [2.45, 2.75) is 167 Å². The molecular weight excluding hydrogens is 546 g/mol. The maximum atomic E-state index is 11.9. The molecule has 8 nitrogen and oxygen atoms in total. The summed E-state index contributed by atoms with van der Waals surface area (Å²) in [5, 5.41) is 21.1. The minimum Gasteiger partial charge on any atom is -0.545 e. The Morgan fingerprint density at radius 2 is 1.02 bits per heavy atom. The summed E-state index contributed by atoms with van der Waals surface area (Å²) in [4.78, 5) is 23.1. The first-order valence-electron chi connectivity index (χ1n) is 17.7. The highest BCUT2D eigenvalue weighted by atomic mass is 16.7. The molecular formula is C35H69NO7. The molecule has 0 aromatic carbocycles. The molecule has 256 valence electrons. The van der Waals surface area contributed by atoms with Crippen LogP contribution in [0.15, 0.2) is 0 Å². The second-order valence-corrected chi connectivity index (χ2v) is 13.4. The summed E-state index contributed by atoms with van der Waals surface area (Å²) in [6.45, 7) is 2.48. The van der Waals surface area contributed by atoms with Gasteiger partial charge in [-0.3, -0.25) is 4.79 Å². The first-order chi connectivity index (χ1) is 20.7. The summed E-state index contributed by atoms with van der Waals surface area (Å²) in [5.41, 5.74) is 0. The second kappa shape index (κ2) is 29.5. The molecule has 1 N–H and O–H groups in total. The van der Waals surface area contributed by atoms with Crippen LogP contribution in [-0.2, 0) is 23.8 Å². The summed E-state index contributed by atoms with van der Waals surface area (Å²) < 4.78 is 16.0. The average molecular weight is 616 g/mol. The van der Waals surface area contributed by atoms with Crippen LogP contribution in [0, 0.1) is 0 Å². The van der Waals surface area contributed by atoms with Crippen LogP contribution in [0.2, 0.25) is 0 Å². The number of aliphatic hydroxyl groups is 1. The number of hydrogen-bond acceptors (Lipinski definition) is 7. The van der Waals surface area contributed by atoms with E-state index in [4.69, 9.17) is 14.2 Å². The fraction of sp³-hybridized carbons (Fsp3) is 0.943. The van der Waals surface area contributed by atoms with E-state index in [-0.39, 0.29) is 25.8 Å². The number of ether oxygens (including phenoxy) is 3. The van der Waals surface area contributed by atoms with Crippen molar-refractivity contribution in [2.75, 3.05) is 47.5 Å². The lowest BCUT2D eigenvalue weighted by Crippen LogP contribution is -2.44. The van der Waals surface area contributed by atoms with Gasteiger partial charge in [-0.25, -0.2) is 0 Å². The van der Waals surface area contributed by atoms with E-state index in [2.05, 4.69) is 6.92 Å². The van der Waals surface area contributed by atoms with Gasteiger partial charge in [0.15, 0.2) is 6.29 Å². The van der Waals surface area contributed by atoms with Crippen molar-refractivity contribution in [3.8, 4) is 0 Å². The molecule has 0 aromatic heterocycles. The van der Waals surface area contributed by atoms with E-state index in [0.717, 1.165) is 19.3 Å². The van der Waals surface area contributed by atoms with E-state index >= 15 is 0 Å². The number of aliphatic carboxylic acids is 1. The van der Waals surface area contributed by atoms with Crippen LogP contribution >= 0.6 is 0 Å². The smallest absolute Gasteiger partial charge is 0.305 e. The first-order valence-corrected chi connectivity index (χ1v) is 17.7. The van der Waals surface area contributed by atoms with Crippen molar-refractivity contribution < 1.29 is 38.5 Å². The highest BCUT2D eigenvalue weighted by Gasteiger charge is 2.17. The molecule has 0 saturated heterocycles. The van der Waals surface area contributed by atoms with Crippen LogP contribution in [-0.4, -0.2) is 81.4 Å².